The minimum atomic E-state index is 0.169. The summed E-state index contributed by atoms with van der Waals surface area (Å²) in [6.45, 7) is 3.88. The molecule has 1 aromatic rings. The number of nitrogens with one attached hydrogen (secondary N) is 1. The van der Waals surface area contributed by atoms with Crippen molar-refractivity contribution in [1.82, 2.24) is 5.32 Å². The van der Waals surface area contributed by atoms with Crippen molar-refractivity contribution in [2.24, 2.45) is 0 Å². The largest absolute Gasteiger partial charge is 0.377 e. The average molecular weight is 262 g/mol. The van der Waals surface area contributed by atoms with Gasteiger partial charge in [-0.05, 0) is 30.2 Å². The lowest BCUT2D eigenvalue weighted by Crippen LogP contribution is -2.28. The summed E-state index contributed by atoms with van der Waals surface area (Å²) in [6.07, 6.45) is 1.45. The number of hydrogen-bond acceptors (Lipinski definition) is 4. The zero-order valence-corrected chi connectivity index (χ0v) is 11.7. The van der Waals surface area contributed by atoms with Gasteiger partial charge in [0.05, 0.1) is 0 Å². The van der Waals surface area contributed by atoms with Gasteiger partial charge in [-0.25, -0.2) is 0 Å². The van der Waals surface area contributed by atoms with Crippen molar-refractivity contribution in [1.29, 1.82) is 0 Å². The van der Waals surface area contributed by atoms with Gasteiger partial charge in [0.2, 0.25) is 0 Å². The van der Waals surface area contributed by atoms with Crippen molar-refractivity contribution >= 4 is 5.69 Å². The van der Waals surface area contributed by atoms with Crippen LogP contribution in [0.2, 0.25) is 0 Å². The number of rotatable bonds is 3. The lowest BCUT2D eigenvalue weighted by Gasteiger charge is -2.26. The van der Waals surface area contributed by atoms with Gasteiger partial charge in [-0.2, -0.15) is 0 Å². The molecule has 0 aromatic heterocycles. The van der Waals surface area contributed by atoms with Gasteiger partial charge in [-0.15, -0.1) is 0 Å². The number of fused-ring (bicyclic) bond motifs is 1. The van der Waals surface area contributed by atoms with Gasteiger partial charge in [0, 0.05) is 39.5 Å². The fraction of sp³-hybridized carbons (Fsp3) is 0.600. The SMILES string of the molecule is COC1CN(c2cccc3c2CCNC3)CC1OC. The van der Waals surface area contributed by atoms with Crippen LogP contribution in [0.4, 0.5) is 5.69 Å². The van der Waals surface area contributed by atoms with Crippen molar-refractivity contribution in [3.05, 3.63) is 29.3 Å². The highest BCUT2D eigenvalue weighted by molar-refractivity contribution is 5.58. The second kappa shape index (κ2) is 5.49. The molecule has 2 heterocycles. The van der Waals surface area contributed by atoms with Gasteiger partial charge in [-0.3, -0.25) is 0 Å². The molecule has 1 aromatic carbocycles. The van der Waals surface area contributed by atoms with E-state index >= 15 is 0 Å². The van der Waals surface area contributed by atoms with Crippen molar-refractivity contribution in [2.45, 2.75) is 25.2 Å². The van der Waals surface area contributed by atoms with E-state index in [-0.39, 0.29) is 12.2 Å². The van der Waals surface area contributed by atoms with E-state index in [1.54, 1.807) is 14.2 Å². The fourth-order valence-electron chi connectivity index (χ4n) is 3.20. The Balaban J connectivity index is 1.87. The second-order valence-electron chi connectivity index (χ2n) is 5.29. The van der Waals surface area contributed by atoms with Crippen LogP contribution < -0.4 is 10.2 Å². The third-order valence-electron chi connectivity index (χ3n) is 4.28. The highest BCUT2D eigenvalue weighted by Crippen LogP contribution is 2.30. The van der Waals surface area contributed by atoms with Gasteiger partial charge in [0.1, 0.15) is 12.2 Å². The van der Waals surface area contributed by atoms with Crippen LogP contribution in [0, 0.1) is 0 Å². The quantitative estimate of drug-likeness (QED) is 0.887. The van der Waals surface area contributed by atoms with Crippen LogP contribution in [0.15, 0.2) is 18.2 Å². The number of anilines is 1. The maximum Gasteiger partial charge on any atom is 0.102 e. The molecule has 2 aliphatic rings. The lowest BCUT2D eigenvalue weighted by molar-refractivity contribution is -0.00461. The van der Waals surface area contributed by atoms with E-state index in [2.05, 4.69) is 28.4 Å². The Morgan fingerprint density at radius 2 is 1.89 bits per heavy atom. The summed E-state index contributed by atoms with van der Waals surface area (Å²) >= 11 is 0. The van der Waals surface area contributed by atoms with Crippen LogP contribution >= 0.6 is 0 Å². The predicted molar refractivity (Wildman–Crippen MR) is 75.7 cm³/mol. The van der Waals surface area contributed by atoms with Crippen LogP contribution in [0.1, 0.15) is 11.1 Å². The number of hydrogen-bond donors (Lipinski definition) is 1. The first kappa shape index (κ1) is 12.9. The van der Waals surface area contributed by atoms with Gasteiger partial charge >= 0.3 is 0 Å². The lowest BCUT2D eigenvalue weighted by atomic mass is 9.98. The highest BCUT2D eigenvalue weighted by Gasteiger charge is 2.34. The monoisotopic (exact) mass is 262 g/mol. The van der Waals surface area contributed by atoms with E-state index in [1.807, 2.05) is 0 Å². The normalized spacial score (nSPS) is 26.5. The smallest absolute Gasteiger partial charge is 0.102 e. The summed E-state index contributed by atoms with van der Waals surface area (Å²) in [7, 11) is 3.54. The summed E-state index contributed by atoms with van der Waals surface area (Å²) < 4.78 is 11.1. The summed E-state index contributed by atoms with van der Waals surface area (Å²) in [5, 5.41) is 3.43. The number of methoxy groups -OCH3 is 2. The van der Waals surface area contributed by atoms with Crippen molar-refractivity contribution in [3.8, 4) is 0 Å². The zero-order chi connectivity index (χ0) is 13.2. The minimum Gasteiger partial charge on any atom is -0.377 e. The van der Waals surface area contributed by atoms with Crippen LogP contribution in [-0.4, -0.2) is 46.1 Å². The molecule has 19 heavy (non-hydrogen) atoms. The third kappa shape index (κ3) is 2.36. The van der Waals surface area contributed by atoms with E-state index in [0.29, 0.717) is 0 Å². The van der Waals surface area contributed by atoms with E-state index in [1.165, 1.54) is 16.8 Å². The van der Waals surface area contributed by atoms with Crippen LogP contribution in [0.25, 0.3) is 0 Å². The first-order valence-corrected chi connectivity index (χ1v) is 6.95. The molecule has 104 valence electrons. The Morgan fingerprint density at radius 1 is 1.16 bits per heavy atom. The third-order valence-corrected chi connectivity index (χ3v) is 4.28. The number of nitrogens with zero attached hydrogens (tertiary/aromatic N) is 1. The van der Waals surface area contributed by atoms with Crippen molar-refractivity contribution < 1.29 is 9.47 Å². The first-order valence-electron chi connectivity index (χ1n) is 6.95. The fourth-order valence-corrected chi connectivity index (χ4v) is 3.20. The van der Waals surface area contributed by atoms with Crippen molar-refractivity contribution in [2.75, 3.05) is 38.8 Å². The molecule has 0 aliphatic carbocycles. The molecule has 3 rings (SSSR count). The Kier molecular flexibility index (Phi) is 3.73. The molecule has 0 radical (unpaired) electrons. The zero-order valence-electron chi connectivity index (χ0n) is 11.7. The molecule has 0 amide bonds. The molecule has 2 aliphatic heterocycles. The molecule has 0 spiro atoms. The maximum absolute atomic E-state index is 5.53. The molecule has 2 atom stereocenters. The standard InChI is InChI=1S/C15H22N2O2/c1-18-14-9-17(10-15(14)19-2)13-5-3-4-11-8-16-7-6-12(11)13/h3-5,14-16H,6-10H2,1-2H3. The summed E-state index contributed by atoms with van der Waals surface area (Å²) in [4.78, 5) is 2.41. The highest BCUT2D eigenvalue weighted by atomic mass is 16.5. The van der Waals surface area contributed by atoms with Crippen molar-refractivity contribution in [3.63, 3.8) is 0 Å². The maximum atomic E-state index is 5.53. The Labute approximate surface area is 114 Å². The number of benzene rings is 1. The average Bonchev–Trinajstić information content (AvgIpc) is 2.89. The summed E-state index contributed by atoms with van der Waals surface area (Å²) in [5.41, 5.74) is 4.28. The molecule has 1 N–H and O–H groups in total. The molecule has 4 nitrogen and oxygen atoms in total. The summed E-state index contributed by atoms with van der Waals surface area (Å²) in [5.74, 6) is 0. The molecule has 0 saturated carbocycles. The number of ether oxygens (including phenoxy) is 2. The Hall–Kier alpha value is -1.10. The van der Waals surface area contributed by atoms with Gasteiger partial charge in [0.15, 0.2) is 0 Å². The van der Waals surface area contributed by atoms with Gasteiger partial charge in [0.25, 0.3) is 0 Å². The van der Waals surface area contributed by atoms with E-state index < -0.39 is 0 Å². The minimum absolute atomic E-state index is 0.169. The van der Waals surface area contributed by atoms with Crippen LogP contribution in [0.5, 0.6) is 0 Å². The van der Waals surface area contributed by atoms with E-state index in [0.717, 1.165) is 32.6 Å². The van der Waals surface area contributed by atoms with E-state index in [9.17, 15) is 0 Å². The topological polar surface area (TPSA) is 33.7 Å². The first-order chi connectivity index (χ1) is 9.33. The molecule has 1 saturated heterocycles. The molecule has 4 heteroatoms. The van der Waals surface area contributed by atoms with Crippen LogP contribution in [0.3, 0.4) is 0 Å². The Morgan fingerprint density at radius 3 is 2.58 bits per heavy atom. The van der Waals surface area contributed by atoms with E-state index in [4.69, 9.17) is 9.47 Å². The molecular weight excluding hydrogens is 240 g/mol. The Bertz CT molecular complexity index is 438. The second-order valence-corrected chi connectivity index (χ2v) is 5.29. The molecule has 2 unspecified atom stereocenters. The van der Waals surface area contributed by atoms with Gasteiger partial charge in [-0.1, -0.05) is 12.1 Å². The van der Waals surface area contributed by atoms with Crippen LogP contribution in [-0.2, 0) is 22.4 Å². The van der Waals surface area contributed by atoms with Gasteiger partial charge < -0.3 is 19.7 Å². The molecular formula is C15H22N2O2. The molecule has 0 bridgehead atoms. The summed E-state index contributed by atoms with van der Waals surface area (Å²) in [6, 6.07) is 6.61. The predicted octanol–water partition coefficient (Wildman–Crippen LogP) is 1.18. The molecule has 1 fully saturated rings.